The molecule has 0 aliphatic heterocycles. The quantitative estimate of drug-likeness (QED) is 0.791. The van der Waals surface area contributed by atoms with E-state index in [2.05, 4.69) is 10.4 Å². The molecule has 0 unspecified atom stereocenters. The fourth-order valence-electron chi connectivity index (χ4n) is 2.32. The number of carbonyl (C=O) groups is 1. The van der Waals surface area contributed by atoms with Gasteiger partial charge < -0.3 is 10.1 Å². The summed E-state index contributed by atoms with van der Waals surface area (Å²) in [5, 5.41) is 7.07. The third-order valence-electron chi connectivity index (χ3n) is 3.45. The molecule has 1 aromatic heterocycles. The average Bonchev–Trinajstić information content (AvgIpc) is 2.83. The van der Waals surface area contributed by atoms with Crippen molar-refractivity contribution in [1.29, 1.82) is 0 Å². The van der Waals surface area contributed by atoms with Gasteiger partial charge in [0.25, 0.3) is 5.91 Å². The van der Waals surface area contributed by atoms with Crippen LogP contribution in [0, 0.1) is 12.7 Å². The zero-order valence-corrected chi connectivity index (χ0v) is 13.3. The molecule has 2 aromatic carbocycles. The molecular weight excluding hydrogens is 309 g/mol. The number of halogens is 1. The SMILES string of the molecule is Cc1nn(C)c(Oc2cccc(F)c2)c1NC(=O)c1ccccc1. The number of nitrogens with one attached hydrogen (secondary N) is 1. The number of anilines is 1. The van der Waals surface area contributed by atoms with Gasteiger partial charge in [0.05, 0.1) is 5.69 Å². The molecule has 5 nitrogen and oxygen atoms in total. The summed E-state index contributed by atoms with van der Waals surface area (Å²) in [7, 11) is 1.69. The van der Waals surface area contributed by atoms with Gasteiger partial charge in [-0.25, -0.2) is 9.07 Å². The lowest BCUT2D eigenvalue weighted by Crippen LogP contribution is -2.12. The number of benzene rings is 2. The standard InChI is InChI=1S/C18H16FN3O2/c1-12-16(20-17(23)13-7-4-3-5-8-13)18(22(2)21-12)24-15-10-6-9-14(19)11-15/h3-11H,1-2H3,(H,20,23). The van der Waals surface area contributed by atoms with Crippen molar-refractivity contribution >= 4 is 11.6 Å². The molecule has 24 heavy (non-hydrogen) atoms. The second-order valence-electron chi connectivity index (χ2n) is 5.27. The average molecular weight is 325 g/mol. The third-order valence-corrected chi connectivity index (χ3v) is 3.45. The third kappa shape index (κ3) is 3.27. The number of carbonyl (C=O) groups excluding carboxylic acids is 1. The molecule has 0 saturated carbocycles. The first-order chi connectivity index (χ1) is 11.5. The van der Waals surface area contributed by atoms with Crippen LogP contribution in [0.1, 0.15) is 16.1 Å². The van der Waals surface area contributed by atoms with E-state index in [1.54, 1.807) is 50.4 Å². The second-order valence-corrected chi connectivity index (χ2v) is 5.27. The highest BCUT2D eigenvalue weighted by molar-refractivity contribution is 6.05. The largest absolute Gasteiger partial charge is 0.437 e. The molecule has 1 N–H and O–H groups in total. The number of hydrogen-bond acceptors (Lipinski definition) is 3. The molecule has 0 bridgehead atoms. The first-order valence-corrected chi connectivity index (χ1v) is 7.38. The summed E-state index contributed by atoms with van der Waals surface area (Å²) in [4.78, 5) is 12.4. The van der Waals surface area contributed by atoms with Gasteiger partial charge in [-0.2, -0.15) is 5.10 Å². The van der Waals surface area contributed by atoms with Gasteiger partial charge in [0.1, 0.15) is 17.3 Å². The Morgan fingerprint density at radius 3 is 2.62 bits per heavy atom. The van der Waals surface area contributed by atoms with Gasteiger partial charge in [-0.15, -0.1) is 0 Å². The molecule has 0 atom stereocenters. The molecule has 3 aromatic rings. The molecule has 0 spiro atoms. The van der Waals surface area contributed by atoms with Crippen LogP contribution in [0.3, 0.4) is 0 Å². The summed E-state index contributed by atoms with van der Waals surface area (Å²) in [5.74, 6) is -0.00681. The van der Waals surface area contributed by atoms with Crippen molar-refractivity contribution in [3.8, 4) is 11.6 Å². The Labute approximate surface area is 138 Å². The molecule has 0 saturated heterocycles. The molecule has 0 radical (unpaired) electrons. The van der Waals surface area contributed by atoms with Gasteiger partial charge >= 0.3 is 0 Å². The summed E-state index contributed by atoms with van der Waals surface area (Å²) >= 11 is 0. The Morgan fingerprint density at radius 1 is 1.17 bits per heavy atom. The van der Waals surface area contributed by atoms with Crippen molar-refractivity contribution in [2.24, 2.45) is 7.05 Å². The molecule has 6 heteroatoms. The van der Waals surface area contributed by atoms with Gasteiger partial charge in [0, 0.05) is 18.7 Å². The maximum absolute atomic E-state index is 13.3. The van der Waals surface area contributed by atoms with Crippen LogP contribution in [0.2, 0.25) is 0 Å². The van der Waals surface area contributed by atoms with E-state index >= 15 is 0 Å². The number of ether oxygens (including phenoxy) is 1. The maximum atomic E-state index is 13.3. The number of hydrogen-bond donors (Lipinski definition) is 1. The van der Waals surface area contributed by atoms with Crippen LogP contribution in [-0.2, 0) is 7.05 Å². The van der Waals surface area contributed by atoms with E-state index in [4.69, 9.17) is 4.74 Å². The Hall–Kier alpha value is -3.15. The van der Waals surface area contributed by atoms with Crippen LogP contribution >= 0.6 is 0 Å². The molecule has 0 aliphatic carbocycles. The van der Waals surface area contributed by atoms with E-state index in [1.165, 1.54) is 16.8 Å². The number of aromatic nitrogens is 2. The highest BCUT2D eigenvalue weighted by atomic mass is 19.1. The molecule has 1 heterocycles. The minimum absolute atomic E-state index is 0.268. The number of aryl methyl sites for hydroxylation is 2. The van der Waals surface area contributed by atoms with E-state index in [9.17, 15) is 9.18 Å². The Kier molecular flexibility index (Phi) is 4.29. The van der Waals surface area contributed by atoms with Gasteiger partial charge in [-0.05, 0) is 31.2 Å². The molecule has 0 aliphatic rings. The van der Waals surface area contributed by atoms with E-state index in [0.717, 1.165) is 0 Å². The highest BCUT2D eigenvalue weighted by Gasteiger charge is 2.18. The van der Waals surface area contributed by atoms with Crippen molar-refractivity contribution in [2.75, 3.05) is 5.32 Å². The normalized spacial score (nSPS) is 10.5. The van der Waals surface area contributed by atoms with Crippen molar-refractivity contribution < 1.29 is 13.9 Å². The lowest BCUT2D eigenvalue weighted by atomic mass is 10.2. The molecule has 3 rings (SSSR count). The molecule has 0 fully saturated rings. The minimum Gasteiger partial charge on any atom is -0.437 e. The Bertz CT molecular complexity index is 875. The number of nitrogens with zero attached hydrogens (tertiary/aromatic N) is 2. The van der Waals surface area contributed by atoms with Crippen LogP contribution in [0.4, 0.5) is 10.1 Å². The van der Waals surface area contributed by atoms with Crippen molar-refractivity contribution in [2.45, 2.75) is 6.92 Å². The minimum atomic E-state index is -0.402. The zero-order chi connectivity index (χ0) is 17.1. The monoisotopic (exact) mass is 325 g/mol. The summed E-state index contributed by atoms with van der Waals surface area (Å²) in [5.41, 5.74) is 1.58. The van der Waals surface area contributed by atoms with Crippen molar-refractivity contribution in [3.05, 3.63) is 71.7 Å². The second kappa shape index (κ2) is 6.54. The summed E-state index contributed by atoms with van der Waals surface area (Å²) < 4.78 is 20.6. The van der Waals surface area contributed by atoms with E-state index in [0.29, 0.717) is 28.6 Å². The fourth-order valence-corrected chi connectivity index (χ4v) is 2.32. The number of amides is 1. The van der Waals surface area contributed by atoms with Crippen LogP contribution in [0.5, 0.6) is 11.6 Å². The van der Waals surface area contributed by atoms with Crippen molar-refractivity contribution in [3.63, 3.8) is 0 Å². The first-order valence-electron chi connectivity index (χ1n) is 7.38. The summed E-state index contributed by atoms with van der Waals surface area (Å²) in [6.45, 7) is 1.76. The maximum Gasteiger partial charge on any atom is 0.255 e. The highest BCUT2D eigenvalue weighted by Crippen LogP contribution is 2.32. The van der Waals surface area contributed by atoms with E-state index in [-0.39, 0.29) is 5.91 Å². The predicted octanol–water partition coefficient (Wildman–Crippen LogP) is 3.91. The number of rotatable bonds is 4. The first kappa shape index (κ1) is 15.7. The summed E-state index contributed by atoms with van der Waals surface area (Å²) in [6, 6.07) is 14.6. The van der Waals surface area contributed by atoms with Gasteiger partial charge in [0.2, 0.25) is 5.88 Å². The van der Waals surface area contributed by atoms with Gasteiger partial charge in [-0.1, -0.05) is 24.3 Å². The summed E-state index contributed by atoms with van der Waals surface area (Å²) in [6.07, 6.45) is 0. The van der Waals surface area contributed by atoms with Crippen molar-refractivity contribution in [1.82, 2.24) is 9.78 Å². The smallest absolute Gasteiger partial charge is 0.255 e. The van der Waals surface area contributed by atoms with Crippen LogP contribution in [0.25, 0.3) is 0 Å². The zero-order valence-electron chi connectivity index (χ0n) is 13.3. The lowest BCUT2D eigenvalue weighted by Gasteiger charge is -2.10. The van der Waals surface area contributed by atoms with Crippen LogP contribution in [-0.4, -0.2) is 15.7 Å². The Morgan fingerprint density at radius 2 is 1.92 bits per heavy atom. The fraction of sp³-hybridized carbons (Fsp3) is 0.111. The topological polar surface area (TPSA) is 56.1 Å². The molecule has 1 amide bonds. The molecular formula is C18H16FN3O2. The predicted molar refractivity (Wildman–Crippen MR) is 88.8 cm³/mol. The van der Waals surface area contributed by atoms with Gasteiger partial charge in [-0.3, -0.25) is 4.79 Å². The van der Waals surface area contributed by atoms with E-state index in [1.807, 2.05) is 6.07 Å². The lowest BCUT2D eigenvalue weighted by molar-refractivity contribution is 0.102. The Balaban J connectivity index is 1.90. The van der Waals surface area contributed by atoms with Gasteiger partial charge in [0.15, 0.2) is 0 Å². The van der Waals surface area contributed by atoms with Crippen LogP contribution < -0.4 is 10.1 Å². The molecule has 122 valence electrons. The van der Waals surface area contributed by atoms with Crippen LogP contribution in [0.15, 0.2) is 54.6 Å². The van der Waals surface area contributed by atoms with E-state index < -0.39 is 5.82 Å².